The highest BCUT2D eigenvalue weighted by atomic mass is 16.5. The number of ether oxygens (including phenoxy) is 3. The molecule has 0 aromatic heterocycles. The van der Waals surface area contributed by atoms with Gasteiger partial charge < -0.3 is 19.1 Å². The second kappa shape index (κ2) is 9.60. The lowest BCUT2D eigenvalue weighted by Crippen LogP contribution is -2.19. The molecular weight excluding hydrogens is 406 g/mol. The quantitative estimate of drug-likeness (QED) is 0.446. The third-order valence-electron chi connectivity index (χ3n) is 5.66. The zero-order chi connectivity index (χ0) is 22.5. The van der Waals surface area contributed by atoms with Gasteiger partial charge in [0.15, 0.2) is 0 Å². The lowest BCUT2D eigenvalue weighted by Gasteiger charge is -2.22. The Morgan fingerprint density at radius 1 is 0.906 bits per heavy atom. The van der Waals surface area contributed by atoms with Crippen molar-refractivity contribution >= 4 is 28.6 Å². The van der Waals surface area contributed by atoms with E-state index in [4.69, 9.17) is 14.2 Å². The zero-order valence-corrected chi connectivity index (χ0v) is 18.6. The van der Waals surface area contributed by atoms with Crippen molar-refractivity contribution in [3.05, 3.63) is 59.7 Å². The van der Waals surface area contributed by atoms with E-state index < -0.39 is 0 Å². The van der Waals surface area contributed by atoms with Gasteiger partial charge in [-0.05, 0) is 41.8 Å². The summed E-state index contributed by atoms with van der Waals surface area (Å²) in [7, 11) is 4.81. The van der Waals surface area contributed by atoms with Gasteiger partial charge in [0.1, 0.15) is 17.2 Å². The van der Waals surface area contributed by atoms with E-state index in [1.54, 1.807) is 33.6 Å². The molecule has 7 heteroatoms. The average Bonchev–Trinajstić information content (AvgIpc) is 3.37. The monoisotopic (exact) mass is 433 g/mol. The average molecular weight is 434 g/mol. The molecule has 166 valence electrons. The largest absolute Gasteiger partial charge is 0.496 e. The third-order valence-corrected chi connectivity index (χ3v) is 5.66. The Morgan fingerprint density at radius 3 is 2.22 bits per heavy atom. The number of amides is 1. The minimum absolute atomic E-state index is 0.358. The molecule has 0 unspecified atom stereocenters. The van der Waals surface area contributed by atoms with Crippen LogP contribution in [-0.2, 0) is 0 Å². The van der Waals surface area contributed by atoms with Crippen molar-refractivity contribution in [1.82, 2.24) is 5.43 Å². The van der Waals surface area contributed by atoms with Crippen molar-refractivity contribution in [3.63, 3.8) is 0 Å². The van der Waals surface area contributed by atoms with Crippen LogP contribution in [0.2, 0.25) is 0 Å². The number of hydrazone groups is 1. The lowest BCUT2D eigenvalue weighted by molar-refractivity contribution is 0.0952. The van der Waals surface area contributed by atoms with E-state index in [9.17, 15) is 4.79 Å². The van der Waals surface area contributed by atoms with Gasteiger partial charge in [0, 0.05) is 24.7 Å². The predicted molar refractivity (Wildman–Crippen MR) is 127 cm³/mol. The highest BCUT2D eigenvalue weighted by Gasteiger charge is 2.19. The molecule has 32 heavy (non-hydrogen) atoms. The van der Waals surface area contributed by atoms with Crippen molar-refractivity contribution in [2.24, 2.45) is 5.10 Å². The van der Waals surface area contributed by atoms with E-state index in [0.717, 1.165) is 35.3 Å². The zero-order valence-electron chi connectivity index (χ0n) is 18.6. The molecular formula is C25H27N3O4. The van der Waals surface area contributed by atoms with E-state index in [1.807, 2.05) is 42.5 Å². The third kappa shape index (κ3) is 4.32. The van der Waals surface area contributed by atoms with Gasteiger partial charge in [-0.2, -0.15) is 5.10 Å². The van der Waals surface area contributed by atoms with Crippen molar-refractivity contribution < 1.29 is 19.0 Å². The van der Waals surface area contributed by atoms with Crippen LogP contribution in [0.25, 0.3) is 10.8 Å². The Labute approximate surface area is 187 Å². The highest BCUT2D eigenvalue weighted by molar-refractivity contribution is 6.02. The van der Waals surface area contributed by atoms with Crippen LogP contribution in [-0.4, -0.2) is 46.5 Å². The molecule has 0 radical (unpaired) electrons. The molecule has 1 saturated heterocycles. The SMILES string of the molecule is COc1cc(N2CCCC2)c(OC)cc1C=NNC(=O)c1cc2ccccc2cc1OC. The van der Waals surface area contributed by atoms with E-state index in [-0.39, 0.29) is 5.91 Å². The minimum atomic E-state index is -0.358. The van der Waals surface area contributed by atoms with Crippen LogP contribution in [0, 0.1) is 0 Å². The van der Waals surface area contributed by atoms with Gasteiger partial charge in [-0.3, -0.25) is 4.79 Å². The standard InChI is InChI=1S/C25H27N3O4/c1-30-22-15-21(28-10-6-7-11-28)24(32-3)14-19(22)16-26-27-25(29)20-12-17-8-4-5-9-18(17)13-23(20)31-2/h4-5,8-9,12-16H,6-7,10-11H2,1-3H3,(H,27,29). The fraction of sp³-hybridized carbons (Fsp3) is 0.280. The van der Waals surface area contributed by atoms with Crippen molar-refractivity contribution in [3.8, 4) is 17.2 Å². The second-order valence-electron chi connectivity index (χ2n) is 7.56. The summed E-state index contributed by atoms with van der Waals surface area (Å²) in [5.41, 5.74) is 4.71. The van der Waals surface area contributed by atoms with Crippen molar-refractivity contribution in [2.45, 2.75) is 12.8 Å². The molecule has 0 bridgehead atoms. The molecule has 1 amide bonds. The number of hydrogen-bond acceptors (Lipinski definition) is 6. The molecule has 0 aliphatic carbocycles. The van der Waals surface area contributed by atoms with Crippen LogP contribution in [0.5, 0.6) is 17.2 Å². The first kappa shape index (κ1) is 21.5. The Bertz CT molecular complexity index is 1150. The van der Waals surface area contributed by atoms with Gasteiger partial charge in [0.05, 0.1) is 38.8 Å². The van der Waals surface area contributed by atoms with Crippen LogP contribution >= 0.6 is 0 Å². The molecule has 4 rings (SSSR count). The van der Waals surface area contributed by atoms with Crippen LogP contribution in [0.3, 0.4) is 0 Å². The fourth-order valence-electron chi connectivity index (χ4n) is 4.00. The molecule has 0 atom stereocenters. The van der Waals surface area contributed by atoms with Crippen LogP contribution in [0.15, 0.2) is 53.6 Å². The summed E-state index contributed by atoms with van der Waals surface area (Å²) < 4.78 is 16.6. The molecule has 1 fully saturated rings. The summed E-state index contributed by atoms with van der Waals surface area (Å²) in [4.78, 5) is 15.1. The van der Waals surface area contributed by atoms with E-state index in [2.05, 4.69) is 15.4 Å². The highest BCUT2D eigenvalue weighted by Crippen LogP contribution is 2.36. The Hall–Kier alpha value is -3.74. The summed E-state index contributed by atoms with van der Waals surface area (Å²) in [5.74, 6) is 1.54. The Balaban J connectivity index is 1.57. The summed E-state index contributed by atoms with van der Waals surface area (Å²) in [6, 6.07) is 15.3. The first-order chi connectivity index (χ1) is 15.6. The molecule has 3 aromatic rings. The Kier molecular flexibility index (Phi) is 6.44. The van der Waals surface area contributed by atoms with Crippen molar-refractivity contribution in [1.29, 1.82) is 0 Å². The predicted octanol–water partition coefficient (Wildman–Crippen LogP) is 4.23. The maximum Gasteiger partial charge on any atom is 0.275 e. The Morgan fingerprint density at radius 2 is 1.56 bits per heavy atom. The van der Waals surface area contributed by atoms with Crippen molar-refractivity contribution in [2.75, 3.05) is 39.3 Å². The van der Waals surface area contributed by atoms with Gasteiger partial charge >= 0.3 is 0 Å². The number of benzene rings is 3. The van der Waals surface area contributed by atoms with Crippen LogP contribution in [0.4, 0.5) is 5.69 Å². The summed E-state index contributed by atoms with van der Waals surface area (Å²) in [6.07, 6.45) is 3.89. The molecule has 7 nitrogen and oxygen atoms in total. The normalized spacial score (nSPS) is 13.5. The molecule has 0 saturated carbocycles. The summed E-state index contributed by atoms with van der Waals surface area (Å²) >= 11 is 0. The van der Waals surface area contributed by atoms with E-state index in [1.165, 1.54) is 12.8 Å². The molecule has 0 spiro atoms. The van der Waals surface area contributed by atoms with Gasteiger partial charge in [0.25, 0.3) is 5.91 Å². The number of carbonyl (C=O) groups excluding carboxylic acids is 1. The molecule has 1 aliphatic rings. The van der Waals surface area contributed by atoms with Crippen LogP contribution < -0.4 is 24.5 Å². The van der Waals surface area contributed by atoms with Gasteiger partial charge in [0.2, 0.25) is 0 Å². The maximum absolute atomic E-state index is 12.8. The first-order valence-corrected chi connectivity index (χ1v) is 10.6. The number of anilines is 1. The van der Waals surface area contributed by atoms with Gasteiger partial charge in [-0.25, -0.2) is 5.43 Å². The molecule has 3 aromatic carbocycles. The van der Waals surface area contributed by atoms with E-state index >= 15 is 0 Å². The van der Waals surface area contributed by atoms with E-state index in [0.29, 0.717) is 22.6 Å². The molecule has 1 N–H and O–H groups in total. The fourth-order valence-corrected chi connectivity index (χ4v) is 4.00. The summed E-state index contributed by atoms with van der Waals surface area (Å²) in [5, 5.41) is 6.11. The number of fused-ring (bicyclic) bond motifs is 1. The number of rotatable bonds is 7. The summed E-state index contributed by atoms with van der Waals surface area (Å²) in [6.45, 7) is 1.99. The van der Waals surface area contributed by atoms with Gasteiger partial charge in [-0.1, -0.05) is 24.3 Å². The van der Waals surface area contributed by atoms with Gasteiger partial charge in [-0.15, -0.1) is 0 Å². The number of nitrogens with one attached hydrogen (secondary N) is 1. The molecule has 1 heterocycles. The number of hydrogen-bond donors (Lipinski definition) is 1. The number of carbonyl (C=O) groups is 1. The topological polar surface area (TPSA) is 72.4 Å². The number of nitrogens with zero attached hydrogens (tertiary/aromatic N) is 2. The molecule has 1 aliphatic heterocycles. The number of methoxy groups -OCH3 is 3. The second-order valence-corrected chi connectivity index (χ2v) is 7.56. The lowest BCUT2D eigenvalue weighted by atomic mass is 10.1. The smallest absolute Gasteiger partial charge is 0.275 e. The first-order valence-electron chi connectivity index (χ1n) is 10.6. The minimum Gasteiger partial charge on any atom is -0.496 e. The van der Waals surface area contributed by atoms with Crippen LogP contribution in [0.1, 0.15) is 28.8 Å². The maximum atomic E-state index is 12.8.